The molecule has 1 aliphatic rings. The summed E-state index contributed by atoms with van der Waals surface area (Å²) in [7, 11) is -3.48. The highest BCUT2D eigenvalue weighted by Crippen LogP contribution is 2.36. The molecule has 220 valence electrons. The van der Waals surface area contributed by atoms with Gasteiger partial charge in [-0.25, -0.2) is 13.2 Å². The number of piperidine rings is 1. The third-order valence-corrected chi connectivity index (χ3v) is 9.51. The highest BCUT2D eigenvalue weighted by atomic mass is 32.2. The molecule has 2 amide bonds. The van der Waals surface area contributed by atoms with Crippen molar-refractivity contribution in [1.82, 2.24) is 9.62 Å². The molecule has 0 saturated carbocycles. The normalized spacial score (nSPS) is 15.9. The molecule has 8 nitrogen and oxygen atoms in total. The number of allylic oxidation sites excluding steroid dienone is 1. The van der Waals surface area contributed by atoms with Crippen LogP contribution in [0, 0.1) is 19.8 Å². The number of nitrogens with two attached hydrogens (primary N) is 1. The number of urea groups is 1. The quantitative estimate of drug-likeness (QED) is 0.363. The van der Waals surface area contributed by atoms with Crippen LogP contribution in [-0.2, 0) is 16.4 Å². The number of carbonyl (C=O) groups excluding carboxylic acids is 1. The minimum absolute atomic E-state index is 0.0639. The summed E-state index contributed by atoms with van der Waals surface area (Å²) in [5.74, 6) is -0.0314. The minimum Gasteiger partial charge on any atom is -0.382 e. The maximum Gasteiger partial charge on any atom is 0.363 e. The summed E-state index contributed by atoms with van der Waals surface area (Å²) < 4.78 is 70.3. The summed E-state index contributed by atoms with van der Waals surface area (Å²) in [6.45, 7) is 9.13. The first-order valence-electron chi connectivity index (χ1n) is 13.1. The third-order valence-electron chi connectivity index (χ3n) is 7.56. The number of hydrogen-bond acceptors (Lipinski definition) is 5. The van der Waals surface area contributed by atoms with E-state index in [0.717, 1.165) is 9.87 Å². The van der Waals surface area contributed by atoms with Gasteiger partial charge in [0.15, 0.2) is 5.75 Å². The lowest BCUT2D eigenvalue weighted by molar-refractivity contribution is -0.00633. The van der Waals surface area contributed by atoms with Crippen molar-refractivity contribution >= 4 is 21.7 Å². The first-order chi connectivity index (χ1) is 18.7. The lowest BCUT2D eigenvalue weighted by atomic mass is 9.93. The fraction of sp³-hybridized carbons (Fsp3) is 0.464. The number of carbonyl (C=O) groups is 1. The molecule has 1 atom stereocenters. The number of nitrogens with one attached hydrogen (secondary N) is 1. The number of primary amides is 1. The number of amides is 2. The van der Waals surface area contributed by atoms with Crippen LogP contribution < -0.4 is 20.9 Å². The van der Waals surface area contributed by atoms with Crippen molar-refractivity contribution in [2.24, 2.45) is 11.7 Å². The number of alkyl halides is 2. The van der Waals surface area contributed by atoms with Crippen LogP contribution in [0.15, 0.2) is 48.7 Å². The van der Waals surface area contributed by atoms with Gasteiger partial charge in [0.05, 0.1) is 12.5 Å². The van der Waals surface area contributed by atoms with Gasteiger partial charge in [-0.05, 0) is 79.6 Å². The van der Waals surface area contributed by atoms with Gasteiger partial charge in [-0.3, -0.25) is 9.84 Å². The van der Waals surface area contributed by atoms with E-state index in [1.807, 2.05) is 13.0 Å². The number of nitrogens with zero attached hydrogens (tertiary/aromatic N) is 2. The first-order valence-corrected chi connectivity index (χ1v) is 14.5. The number of halogens is 3. The Labute approximate surface area is 233 Å². The van der Waals surface area contributed by atoms with Gasteiger partial charge < -0.3 is 11.1 Å². The van der Waals surface area contributed by atoms with E-state index in [9.17, 15) is 17.7 Å². The zero-order chi connectivity index (χ0) is 29.8. The molecule has 12 heteroatoms. The topological polar surface area (TPSA) is 105 Å². The number of aryl methyl sites for hydroxylation is 2. The summed E-state index contributed by atoms with van der Waals surface area (Å²) in [4.78, 5) is 16.5. The zero-order valence-electron chi connectivity index (χ0n) is 23.2. The molecule has 1 unspecified atom stereocenters. The van der Waals surface area contributed by atoms with Gasteiger partial charge in [-0.2, -0.15) is 13.1 Å². The highest BCUT2D eigenvalue weighted by Gasteiger charge is 2.50. The van der Waals surface area contributed by atoms with E-state index in [-0.39, 0.29) is 36.4 Å². The van der Waals surface area contributed by atoms with Crippen LogP contribution in [0.2, 0.25) is 0 Å². The summed E-state index contributed by atoms with van der Waals surface area (Å²) >= 11 is 0. The van der Waals surface area contributed by atoms with Crippen LogP contribution in [0.1, 0.15) is 54.5 Å². The second-order valence-electron chi connectivity index (χ2n) is 10.2. The summed E-state index contributed by atoms with van der Waals surface area (Å²) in [6.07, 6.45) is 0.350. The van der Waals surface area contributed by atoms with Crippen molar-refractivity contribution in [1.29, 1.82) is 0 Å². The molecule has 1 saturated heterocycles. The number of sulfonamides is 1. The van der Waals surface area contributed by atoms with Gasteiger partial charge in [0.25, 0.3) is 10.0 Å². The molecule has 2 aromatic rings. The fourth-order valence-corrected chi connectivity index (χ4v) is 6.44. The smallest absolute Gasteiger partial charge is 0.363 e. The highest BCUT2D eigenvalue weighted by molar-refractivity contribution is 7.90. The van der Waals surface area contributed by atoms with Crippen molar-refractivity contribution in [3.63, 3.8) is 0 Å². The Hall–Kier alpha value is -3.25. The Morgan fingerprint density at radius 2 is 1.82 bits per heavy atom. The number of benzene rings is 2. The first kappa shape index (κ1) is 31.3. The Morgan fingerprint density at radius 1 is 1.23 bits per heavy atom. The van der Waals surface area contributed by atoms with Crippen molar-refractivity contribution in [3.8, 4) is 5.75 Å². The average Bonchev–Trinajstić information content (AvgIpc) is 2.92. The second-order valence-corrected chi connectivity index (χ2v) is 12.3. The molecule has 0 aromatic heterocycles. The molecule has 3 rings (SSSR count). The van der Waals surface area contributed by atoms with Gasteiger partial charge in [0.2, 0.25) is 0 Å². The predicted molar refractivity (Wildman–Crippen MR) is 149 cm³/mol. The minimum atomic E-state index is -4.94. The van der Waals surface area contributed by atoms with E-state index in [4.69, 9.17) is 5.73 Å². The van der Waals surface area contributed by atoms with Crippen molar-refractivity contribution in [2.45, 2.75) is 57.8 Å². The Kier molecular flexibility index (Phi) is 9.78. The number of anilines is 1. The molecule has 1 aliphatic heterocycles. The summed E-state index contributed by atoms with van der Waals surface area (Å²) in [6, 6.07) is 8.78. The molecule has 1 heterocycles. The standard InChI is InChI=1S/C28H37F3N4O4S/c1-6-26(22-8-7-9-24(16-22)39-31)33-20(4)21-10-12-35(13-11-21)40(37,38)28(29,30)17-25-18(2)14-23(15-19(25)3)34(5)27(32)36/h7-9,14-16,21,26,33H,4,6,10-13,17H2,1-3,5H3,(H2,32,36). The van der Waals surface area contributed by atoms with Gasteiger partial charge in [-0.1, -0.05) is 25.6 Å². The van der Waals surface area contributed by atoms with Gasteiger partial charge in [-0.15, -0.1) is 0 Å². The van der Waals surface area contributed by atoms with Gasteiger partial charge >= 0.3 is 11.3 Å². The molecule has 40 heavy (non-hydrogen) atoms. The lowest BCUT2D eigenvalue weighted by Crippen LogP contribution is -2.48. The lowest BCUT2D eigenvalue weighted by Gasteiger charge is -2.35. The van der Waals surface area contributed by atoms with Gasteiger partial charge in [0, 0.05) is 42.0 Å². The molecule has 0 spiro atoms. The number of rotatable bonds is 11. The van der Waals surface area contributed by atoms with Crippen LogP contribution >= 0.6 is 0 Å². The van der Waals surface area contributed by atoms with Crippen LogP contribution in [0.25, 0.3) is 0 Å². The van der Waals surface area contributed by atoms with Crippen molar-refractivity contribution in [3.05, 3.63) is 70.9 Å². The van der Waals surface area contributed by atoms with Crippen LogP contribution in [0.4, 0.5) is 23.8 Å². The SMILES string of the molecule is C=C(NC(CC)c1cccc(OF)c1)C1CCN(S(=O)(=O)C(F)(F)Cc2c(C)cc(N(C)C(N)=O)cc2C)CC1. The molecular weight excluding hydrogens is 545 g/mol. The maximum atomic E-state index is 15.4. The molecule has 2 aromatic carbocycles. The van der Waals surface area contributed by atoms with E-state index >= 15 is 8.78 Å². The van der Waals surface area contributed by atoms with Crippen molar-refractivity contribution in [2.75, 3.05) is 25.0 Å². The zero-order valence-corrected chi connectivity index (χ0v) is 24.0. The third kappa shape index (κ3) is 6.72. The largest absolute Gasteiger partial charge is 0.382 e. The molecular formula is C28H37F3N4O4S. The van der Waals surface area contributed by atoms with E-state index < -0.39 is 27.7 Å². The van der Waals surface area contributed by atoms with E-state index in [2.05, 4.69) is 16.8 Å². The molecule has 0 aliphatic carbocycles. The van der Waals surface area contributed by atoms with Crippen LogP contribution in [-0.4, -0.2) is 44.1 Å². The Morgan fingerprint density at radius 3 is 2.35 bits per heavy atom. The van der Waals surface area contributed by atoms with Crippen molar-refractivity contribution < 1.29 is 31.5 Å². The maximum absolute atomic E-state index is 15.4. The van der Waals surface area contributed by atoms with Gasteiger partial charge in [0.1, 0.15) is 0 Å². The summed E-state index contributed by atoms with van der Waals surface area (Å²) in [5.41, 5.74) is 8.29. The summed E-state index contributed by atoms with van der Waals surface area (Å²) in [5, 5.41) is -0.698. The van der Waals surface area contributed by atoms with E-state index in [0.29, 0.717) is 41.8 Å². The van der Waals surface area contributed by atoms with Crippen LogP contribution in [0.3, 0.4) is 0 Å². The van der Waals surface area contributed by atoms with E-state index in [1.54, 1.807) is 26.0 Å². The fourth-order valence-electron chi connectivity index (χ4n) is 5.04. The second kappa shape index (κ2) is 12.5. The monoisotopic (exact) mass is 582 g/mol. The predicted octanol–water partition coefficient (Wildman–Crippen LogP) is 5.51. The number of hydrogen-bond donors (Lipinski definition) is 2. The molecule has 1 fully saturated rings. The molecule has 0 bridgehead atoms. The molecule has 0 radical (unpaired) electrons. The van der Waals surface area contributed by atoms with Crippen LogP contribution in [0.5, 0.6) is 5.75 Å². The Bertz CT molecular complexity index is 1320. The van der Waals surface area contributed by atoms with E-state index in [1.165, 1.54) is 30.1 Å². The average molecular weight is 583 g/mol. The Balaban J connectivity index is 1.67. The molecule has 3 N–H and O–H groups in total.